The second-order valence-electron chi connectivity index (χ2n) is 5.10. The molecule has 23 heavy (non-hydrogen) atoms. The summed E-state index contributed by atoms with van der Waals surface area (Å²) in [5.74, 6) is -0.0121. The fourth-order valence-electron chi connectivity index (χ4n) is 2.36. The summed E-state index contributed by atoms with van der Waals surface area (Å²) in [5, 5.41) is 0. The van der Waals surface area contributed by atoms with Crippen molar-refractivity contribution in [3.05, 3.63) is 11.9 Å². The standard InChI is InChI=1S/C11H21BO8P2S/c1-7(23)19-22(15,16)20-10-8(4-5-21(13,14)18-3)6-9(12)11(10)17-2/h4-5,7-11,23H,6H2,1-3H3,(H,13,14)(H,15,16)/b5-4+/t7-,8-,9+,10+,11-/m0/s1. The van der Waals surface area contributed by atoms with E-state index < -0.39 is 44.8 Å². The quantitative estimate of drug-likeness (QED) is 0.252. The second kappa shape index (κ2) is 8.65. The lowest BCUT2D eigenvalue weighted by atomic mass is 9.83. The van der Waals surface area contributed by atoms with Gasteiger partial charge in [-0.05, 0) is 19.2 Å². The number of hydrogen-bond donors (Lipinski definition) is 3. The molecule has 12 heteroatoms. The Morgan fingerprint density at radius 1 is 1.30 bits per heavy atom. The third kappa shape index (κ3) is 6.65. The Kier molecular flexibility index (Phi) is 8.06. The van der Waals surface area contributed by atoms with E-state index in [2.05, 4.69) is 17.2 Å². The maximum atomic E-state index is 12.0. The summed E-state index contributed by atoms with van der Waals surface area (Å²) in [6.45, 7) is 1.46. The van der Waals surface area contributed by atoms with Crippen LogP contribution in [0.2, 0.25) is 5.82 Å². The normalized spacial score (nSPS) is 35.0. The molecule has 8 nitrogen and oxygen atoms in total. The van der Waals surface area contributed by atoms with Gasteiger partial charge >= 0.3 is 15.4 Å². The Morgan fingerprint density at radius 3 is 2.39 bits per heavy atom. The minimum absolute atomic E-state index is 0.333. The molecule has 2 N–H and O–H groups in total. The molecule has 1 fully saturated rings. The van der Waals surface area contributed by atoms with Crippen molar-refractivity contribution in [2.75, 3.05) is 14.2 Å². The third-order valence-corrected chi connectivity index (χ3v) is 5.74. The topological polar surface area (TPSA) is 112 Å². The molecule has 0 aromatic heterocycles. The predicted octanol–water partition coefficient (Wildman–Crippen LogP) is 2.10. The van der Waals surface area contributed by atoms with Crippen LogP contribution in [0.1, 0.15) is 13.3 Å². The van der Waals surface area contributed by atoms with Crippen LogP contribution in [0.4, 0.5) is 0 Å². The van der Waals surface area contributed by atoms with Crippen LogP contribution in [0.15, 0.2) is 11.9 Å². The summed E-state index contributed by atoms with van der Waals surface area (Å²) in [7, 11) is 0.165. The van der Waals surface area contributed by atoms with Crippen LogP contribution in [-0.4, -0.2) is 49.5 Å². The summed E-state index contributed by atoms with van der Waals surface area (Å²) in [5.41, 5.74) is -0.818. The van der Waals surface area contributed by atoms with Gasteiger partial charge in [0.25, 0.3) is 0 Å². The second-order valence-corrected chi connectivity index (χ2v) is 8.97. The van der Waals surface area contributed by atoms with Gasteiger partial charge in [0.15, 0.2) is 0 Å². The Bertz CT molecular complexity index is 516. The average Bonchev–Trinajstić information content (AvgIpc) is 2.70. The van der Waals surface area contributed by atoms with Crippen LogP contribution < -0.4 is 0 Å². The van der Waals surface area contributed by atoms with Gasteiger partial charge in [-0.15, -0.1) is 12.6 Å². The van der Waals surface area contributed by atoms with E-state index in [0.717, 1.165) is 12.9 Å². The van der Waals surface area contributed by atoms with Gasteiger partial charge in [-0.3, -0.25) is 13.6 Å². The predicted molar refractivity (Wildman–Crippen MR) is 88.6 cm³/mol. The number of thiol groups is 1. The van der Waals surface area contributed by atoms with Crippen molar-refractivity contribution in [3.63, 3.8) is 0 Å². The molecular formula is C11H21BO8P2S. The van der Waals surface area contributed by atoms with Gasteiger partial charge in [0, 0.05) is 26.0 Å². The lowest BCUT2D eigenvalue weighted by Crippen LogP contribution is -2.31. The van der Waals surface area contributed by atoms with E-state index >= 15 is 0 Å². The van der Waals surface area contributed by atoms with Crippen LogP contribution in [0.3, 0.4) is 0 Å². The lowest BCUT2D eigenvalue weighted by Gasteiger charge is -2.26. The molecule has 0 heterocycles. The molecule has 2 unspecified atom stereocenters. The molecule has 132 valence electrons. The van der Waals surface area contributed by atoms with Crippen molar-refractivity contribution in [3.8, 4) is 0 Å². The minimum Gasteiger partial charge on any atom is -0.379 e. The van der Waals surface area contributed by atoms with Gasteiger partial charge in [0.1, 0.15) is 11.5 Å². The van der Waals surface area contributed by atoms with E-state index in [-0.39, 0.29) is 0 Å². The number of ether oxygens (including phenoxy) is 1. The zero-order chi connectivity index (χ0) is 17.8. The van der Waals surface area contributed by atoms with Gasteiger partial charge in [-0.2, -0.15) is 0 Å². The molecule has 0 aromatic rings. The summed E-state index contributed by atoms with van der Waals surface area (Å²) in [6.07, 6.45) is 0.105. The van der Waals surface area contributed by atoms with E-state index in [9.17, 15) is 18.9 Å². The Morgan fingerprint density at radius 2 is 1.91 bits per heavy atom. The van der Waals surface area contributed by atoms with Gasteiger partial charge < -0.3 is 19.0 Å². The van der Waals surface area contributed by atoms with E-state index in [1.54, 1.807) is 0 Å². The number of methoxy groups -OCH3 is 1. The first kappa shape index (κ1) is 21.4. The molecule has 0 aliphatic heterocycles. The van der Waals surface area contributed by atoms with E-state index in [4.69, 9.17) is 21.6 Å². The molecule has 0 amide bonds. The maximum Gasteiger partial charge on any atom is 0.473 e. The van der Waals surface area contributed by atoms with Gasteiger partial charge in [-0.25, -0.2) is 4.57 Å². The first-order valence-electron chi connectivity index (χ1n) is 6.75. The first-order chi connectivity index (χ1) is 10.5. The zero-order valence-electron chi connectivity index (χ0n) is 13.0. The fraction of sp³-hybridized carbons (Fsp3) is 0.818. The van der Waals surface area contributed by atoms with Crippen molar-refractivity contribution in [1.29, 1.82) is 0 Å². The minimum atomic E-state index is -4.39. The summed E-state index contributed by atoms with van der Waals surface area (Å²) >= 11 is 3.87. The van der Waals surface area contributed by atoms with Gasteiger partial charge in [0.05, 0.1) is 14.0 Å². The lowest BCUT2D eigenvalue weighted by molar-refractivity contribution is -0.00712. The van der Waals surface area contributed by atoms with E-state index in [1.165, 1.54) is 20.1 Å². The first-order valence-corrected chi connectivity index (χ1v) is 10.4. The van der Waals surface area contributed by atoms with Gasteiger partial charge in [0.2, 0.25) is 0 Å². The van der Waals surface area contributed by atoms with Crippen LogP contribution in [0.25, 0.3) is 0 Å². The van der Waals surface area contributed by atoms with Crippen molar-refractivity contribution in [2.24, 2.45) is 5.92 Å². The molecular weight excluding hydrogens is 365 g/mol. The number of hydrogen-bond acceptors (Lipinski definition) is 7. The van der Waals surface area contributed by atoms with Crippen molar-refractivity contribution >= 4 is 35.9 Å². The Labute approximate surface area is 142 Å². The van der Waals surface area contributed by atoms with Crippen LogP contribution in [0, 0.1) is 5.92 Å². The number of rotatable bonds is 8. The van der Waals surface area contributed by atoms with Crippen LogP contribution in [-0.2, 0) is 27.4 Å². The third-order valence-electron chi connectivity index (χ3n) is 3.31. The number of phosphoric ester groups is 1. The maximum absolute atomic E-state index is 12.0. The van der Waals surface area contributed by atoms with Gasteiger partial charge in [-0.1, -0.05) is 6.08 Å². The molecule has 7 atom stereocenters. The van der Waals surface area contributed by atoms with Crippen molar-refractivity contribution in [2.45, 2.75) is 36.8 Å². The molecule has 1 saturated carbocycles. The molecule has 1 rings (SSSR count). The molecule has 1 aliphatic rings. The highest BCUT2D eigenvalue weighted by atomic mass is 32.1. The number of phosphoric acid groups is 1. The molecule has 0 aromatic carbocycles. The molecule has 0 spiro atoms. The summed E-state index contributed by atoms with van der Waals surface area (Å²) < 4.78 is 43.1. The summed E-state index contributed by atoms with van der Waals surface area (Å²) in [6, 6.07) is 0. The molecule has 1 aliphatic carbocycles. The average molecular weight is 386 g/mol. The highest BCUT2D eigenvalue weighted by Crippen LogP contribution is 2.52. The molecule has 0 saturated heterocycles. The highest BCUT2D eigenvalue weighted by Gasteiger charge is 2.45. The van der Waals surface area contributed by atoms with Crippen LogP contribution in [0.5, 0.6) is 0 Å². The van der Waals surface area contributed by atoms with E-state index in [0.29, 0.717) is 6.42 Å². The highest BCUT2D eigenvalue weighted by molar-refractivity contribution is 7.81. The van der Waals surface area contributed by atoms with Crippen molar-refractivity contribution < 1.29 is 37.2 Å². The molecule has 2 radical (unpaired) electrons. The van der Waals surface area contributed by atoms with Crippen LogP contribution >= 0.6 is 28.0 Å². The zero-order valence-corrected chi connectivity index (χ0v) is 15.7. The Hall–Kier alpha value is 0.375. The SMILES string of the molecule is [B][C@@H]1C[C@H](/C=C/P(=O)(O)OC)[C@@H](OP(=O)(O)O[C@H](C)S)[C@H]1OC. The largest absolute Gasteiger partial charge is 0.473 e. The monoisotopic (exact) mass is 386 g/mol. The smallest absolute Gasteiger partial charge is 0.379 e. The van der Waals surface area contributed by atoms with E-state index in [1.807, 2.05) is 0 Å². The Balaban J connectivity index is 2.96. The molecule has 0 bridgehead atoms. The fourth-order valence-corrected chi connectivity index (χ4v) is 4.29. The van der Waals surface area contributed by atoms with Crippen molar-refractivity contribution in [1.82, 2.24) is 0 Å². The summed E-state index contributed by atoms with van der Waals surface area (Å²) in [4.78, 5) is 19.2.